The van der Waals surface area contributed by atoms with E-state index in [1.165, 1.54) is 29.2 Å². The topological polar surface area (TPSA) is 86.8 Å². The van der Waals surface area contributed by atoms with Gasteiger partial charge in [0.1, 0.15) is 18.4 Å². The van der Waals surface area contributed by atoms with Gasteiger partial charge in [0, 0.05) is 19.0 Å². The second kappa shape index (κ2) is 14.1. The van der Waals surface area contributed by atoms with Gasteiger partial charge in [-0.25, -0.2) is 12.8 Å². The summed E-state index contributed by atoms with van der Waals surface area (Å²) < 4.78 is 42.8. The Kier molecular flexibility index (Phi) is 10.3. The second-order valence-corrected chi connectivity index (χ2v) is 12.5. The van der Waals surface area contributed by atoms with Crippen LogP contribution in [0, 0.1) is 12.7 Å². The minimum Gasteiger partial charge on any atom is -0.352 e. The van der Waals surface area contributed by atoms with Crippen molar-refractivity contribution in [3.8, 4) is 0 Å². The van der Waals surface area contributed by atoms with Crippen LogP contribution in [0.1, 0.15) is 30.5 Å². The summed E-state index contributed by atoms with van der Waals surface area (Å²) in [5.41, 5.74) is 2.57. The molecule has 0 heterocycles. The third-order valence-electron chi connectivity index (χ3n) is 6.87. The van der Waals surface area contributed by atoms with Crippen molar-refractivity contribution in [1.29, 1.82) is 0 Å². The number of nitrogens with zero attached hydrogens (tertiary/aromatic N) is 2. The maximum absolute atomic E-state index is 14.3. The molecule has 1 atom stereocenters. The Labute approximate surface area is 253 Å². The van der Waals surface area contributed by atoms with Crippen molar-refractivity contribution in [2.24, 2.45) is 0 Å². The van der Waals surface area contributed by atoms with Gasteiger partial charge in [0.15, 0.2) is 0 Å². The van der Waals surface area contributed by atoms with Crippen LogP contribution in [-0.2, 0) is 32.6 Å². The van der Waals surface area contributed by atoms with E-state index in [0.717, 1.165) is 15.4 Å². The van der Waals surface area contributed by atoms with E-state index in [-0.39, 0.29) is 29.8 Å². The van der Waals surface area contributed by atoms with Gasteiger partial charge in [0.2, 0.25) is 11.8 Å². The summed E-state index contributed by atoms with van der Waals surface area (Å²) in [5.74, 6) is -1.38. The van der Waals surface area contributed by atoms with E-state index >= 15 is 0 Å². The number of nitrogens with one attached hydrogen (secondary N) is 1. The molecule has 7 nitrogen and oxygen atoms in total. The van der Waals surface area contributed by atoms with Crippen LogP contribution in [0.2, 0.25) is 0 Å². The number of carbonyl (C=O) groups excluding carboxylic acids is 2. The molecule has 4 rings (SSSR count). The number of sulfonamides is 1. The Hall–Kier alpha value is -4.50. The normalized spacial score (nSPS) is 12.0. The molecule has 0 aliphatic rings. The van der Waals surface area contributed by atoms with Crippen LogP contribution < -0.4 is 9.62 Å². The van der Waals surface area contributed by atoms with E-state index < -0.39 is 34.3 Å². The third-order valence-corrected chi connectivity index (χ3v) is 8.66. The number of rotatable bonds is 12. The predicted molar refractivity (Wildman–Crippen MR) is 166 cm³/mol. The van der Waals surface area contributed by atoms with Crippen LogP contribution in [0.3, 0.4) is 0 Å². The summed E-state index contributed by atoms with van der Waals surface area (Å²) in [4.78, 5) is 29.4. The maximum Gasteiger partial charge on any atom is 0.264 e. The summed E-state index contributed by atoms with van der Waals surface area (Å²) in [5, 5.41) is 2.92. The zero-order valence-corrected chi connectivity index (χ0v) is 25.3. The second-order valence-electron chi connectivity index (χ2n) is 10.7. The summed E-state index contributed by atoms with van der Waals surface area (Å²) >= 11 is 0. The summed E-state index contributed by atoms with van der Waals surface area (Å²) in [6, 6.07) is 28.6. The van der Waals surface area contributed by atoms with Crippen LogP contribution in [-0.4, -0.2) is 43.8 Å². The molecule has 43 heavy (non-hydrogen) atoms. The van der Waals surface area contributed by atoms with Gasteiger partial charge >= 0.3 is 0 Å². The standard InChI is InChI=1S/C34H36FN3O4S/c1-25(2)36-34(40)32(22-27-12-6-4-7-13-27)37(23-28-17-19-29(35)20-18-28)33(39)24-38(30-14-10-11-26(3)21-30)43(41,42)31-15-8-5-9-16-31/h4-21,25,32H,22-24H2,1-3H3,(H,36,40)/t32-/m1/s1. The quantitative estimate of drug-likeness (QED) is 0.233. The smallest absolute Gasteiger partial charge is 0.264 e. The van der Waals surface area contributed by atoms with Crippen molar-refractivity contribution in [2.75, 3.05) is 10.8 Å². The summed E-state index contributed by atoms with van der Waals surface area (Å²) in [6.07, 6.45) is 0.197. The van der Waals surface area contributed by atoms with Gasteiger partial charge < -0.3 is 10.2 Å². The lowest BCUT2D eigenvalue weighted by molar-refractivity contribution is -0.140. The first-order valence-corrected chi connectivity index (χ1v) is 15.5. The van der Waals surface area contributed by atoms with E-state index in [1.54, 1.807) is 48.5 Å². The molecule has 0 saturated heterocycles. The number of hydrogen-bond acceptors (Lipinski definition) is 4. The zero-order valence-electron chi connectivity index (χ0n) is 24.5. The summed E-state index contributed by atoms with van der Waals surface area (Å²) in [6.45, 7) is 4.91. The van der Waals surface area contributed by atoms with E-state index in [4.69, 9.17) is 0 Å². The van der Waals surface area contributed by atoms with Gasteiger partial charge in [0.05, 0.1) is 10.6 Å². The molecule has 2 amide bonds. The first-order valence-electron chi connectivity index (χ1n) is 14.1. The number of amides is 2. The van der Waals surface area contributed by atoms with Gasteiger partial charge in [-0.1, -0.05) is 72.8 Å². The minimum atomic E-state index is -4.17. The van der Waals surface area contributed by atoms with Crippen LogP contribution in [0.15, 0.2) is 114 Å². The van der Waals surface area contributed by atoms with Crippen LogP contribution >= 0.6 is 0 Å². The molecule has 0 aromatic heterocycles. The average Bonchev–Trinajstić information content (AvgIpc) is 2.99. The van der Waals surface area contributed by atoms with E-state index in [9.17, 15) is 22.4 Å². The van der Waals surface area contributed by atoms with Gasteiger partial charge in [-0.05, 0) is 73.9 Å². The molecular weight excluding hydrogens is 565 g/mol. The first-order chi connectivity index (χ1) is 20.5. The molecule has 0 fully saturated rings. The monoisotopic (exact) mass is 601 g/mol. The number of hydrogen-bond donors (Lipinski definition) is 1. The van der Waals surface area contributed by atoms with Crippen molar-refractivity contribution in [3.05, 3.63) is 132 Å². The fraction of sp³-hybridized carbons (Fsp3) is 0.235. The molecule has 4 aromatic carbocycles. The maximum atomic E-state index is 14.3. The Morgan fingerprint density at radius 3 is 2.05 bits per heavy atom. The SMILES string of the molecule is Cc1cccc(N(CC(=O)N(Cc2ccc(F)cc2)[C@H](Cc2ccccc2)C(=O)NC(C)C)S(=O)(=O)c2ccccc2)c1. The largest absolute Gasteiger partial charge is 0.352 e. The Morgan fingerprint density at radius 2 is 1.44 bits per heavy atom. The van der Waals surface area contributed by atoms with Crippen LogP contribution in [0.5, 0.6) is 0 Å². The van der Waals surface area contributed by atoms with E-state index in [1.807, 2.05) is 57.2 Å². The van der Waals surface area contributed by atoms with Crippen molar-refractivity contribution < 1.29 is 22.4 Å². The Morgan fingerprint density at radius 1 is 0.814 bits per heavy atom. The molecule has 0 aliphatic carbocycles. The van der Waals surface area contributed by atoms with Gasteiger partial charge in [-0.3, -0.25) is 13.9 Å². The van der Waals surface area contributed by atoms with Crippen molar-refractivity contribution in [2.45, 2.75) is 50.7 Å². The number of benzene rings is 4. The average molecular weight is 602 g/mol. The highest BCUT2D eigenvalue weighted by molar-refractivity contribution is 7.92. The number of carbonyl (C=O) groups is 2. The summed E-state index contributed by atoms with van der Waals surface area (Å²) in [7, 11) is -4.17. The number of anilines is 1. The zero-order chi connectivity index (χ0) is 31.0. The predicted octanol–water partition coefficient (Wildman–Crippen LogP) is 5.49. The van der Waals surface area contributed by atoms with Crippen molar-refractivity contribution >= 4 is 27.5 Å². The molecule has 1 N–H and O–H groups in total. The molecular formula is C34H36FN3O4S. The molecule has 0 saturated carbocycles. The molecule has 0 aliphatic heterocycles. The highest BCUT2D eigenvalue weighted by Crippen LogP contribution is 2.26. The third kappa shape index (κ3) is 8.29. The van der Waals surface area contributed by atoms with Gasteiger partial charge in [-0.2, -0.15) is 0 Å². The van der Waals surface area contributed by atoms with E-state index in [0.29, 0.717) is 11.3 Å². The number of aryl methyl sites for hydroxylation is 1. The van der Waals surface area contributed by atoms with Crippen LogP contribution in [0.4, 0.5) is 10.1 Å². The molecule has 0 unspecified atom stereocenters. The van der Waals surface area contributed by atoms with Crippen molar-refractivity contribution in [3.63, 3.8) is 0 Å². The number of halogens is 1. The Bertz CT molecular complexity index is 1630. The molecule has 224 valence electrons. The lowest BCUT2D eigenvalue weighted by Gasteiger charge is -2.34. The highest BCUT2D eigenvalue weighted by atomic mass is 32.2. The van der Waals surface area contributed by atoms with Gasteiger partial charge in [-0.15, -0.1) is 0 Å². The first kappa shape index (κ1) is 31.4. The fourth-order valence-electron chi connectivity index (χ4n) is 4.75. The lowest BCUT2D eigenvalue weighted by Crippen LogP contribution is -2.54. The Balaban J connectivity index is 1.80. The van der Waals surface area contributed by atoms with E-state index in [2.05, 4.69) is 5.32 Å². The fourth-order valence-corrected chi connectivity index (χ4v) is 6.18. The molecule has 0 spiro atoms. The van der Waals surface area contributed by atoms with Crippen molar-refractivity contribution in [1.82, 2.24) is 10.2 Å². The highest BCUT2D eigenvalue weighted by Gasteiger charge is 2.34. The lowest BCUT2D eigenvalue weighted by atomic mass is 10.0. The molecule has 0 bridgehead atoms. The van der Waals surface area contributed by atoms with Gasteiger partial charge in [0.25, 0.3) is 10.0 Å². The molecule has 9 heteroatoms. The molecule has 4 aromatic rings. The molecule has 0 radical (unpaired) electrons. The van der Waals surface area contributed by atoms with Crippen LogP contribution in [0.25, 0.3) is 0 Å². The minimum absolute atomic E-state index is 0.0326.